The van der Waals surface area contributed by atoms with Crippen molar-refractivity contribution in [2.75, 3.05) is 0 Å². The maximum Gasteiger partial charge on any atom is 0.269 e. The van der Waals surface area contributed by atoms with Crippen LogP contribution < -0.4 is 5.32 Å². The number of benzene rings is 1. The van der Waals surface area contributed by atoms with Gasteiger partial charge in [0.25, 0.3) is 5.69 Å². The summed E-state index contributed by atoms with van der Waals surface area (Å²) in [4.78, 5) is 22.0. The summed E-state index contributed by atoms with van der Waals surface area (Å²) in [7, 11) is 0. The molecule has 0 spiro atoms. The topological polar surface area (TPSA) is 72.2 Å². The number of non-ortho nitro benzene ring substituents is 1. The van der Waals surface area contributed by atoms with E-state index in [-0.39, 0.29) is 22.4 Å². The molecule has 0 aromatic heterocycles. The highest BCUT2D eigenvalue weighted by Crippen LogP contribution is 2.42. The van der Waals surface area contributed by atoms with E-state index in [4.69, 9.17) is 0 Å². The van der Waals surface area contributed by atoms with Gasteiger partial charge in [-0.1, -0.05) is 30.4 Å². The number of carbonyl (C=O) groups excluding carboxylic acids is 1. The van der Waals surface area contributed by atoms with Crippen LogP contribution in [-0.2, 0) is 4.79 Å². The lowest BCUT2D eigenvalue weighted by Gasteiger charge is -2.32. The first-order chi connectivity index (χ1) is 11.0. The van der Waals surface area contributed by atoms with E-state index in [1.165, 1.54) is 18.6 Å². The van der Waals surface area contributed by atoms with Crippen LogP contribution in [0.4, 0.5) is 5.69 Å². The standard InChI is InChI=1S/C18H18N2O3/c1-12(21)19-15-9-13-5-2-3-8-17(13)18(11-15)14-6-4-7-16(10-14)20(22)23/h2,4-7,9-11,17-18H,3,8H2,1H3,(H,19,21). The fourth-order valence-corrected chi connectivity index (χ4v) is 3.32. The summed E-state index contributed by atoms with van der Waals surface area (Å²) in [5.74, 6) is 0.199. The van der Waals surface area contributed by atoms with Gasteiger partial charge < -0.3 is 5.32 Å². The van der Waals surface area contributed by atoms with Gasteiger partial charge in [0.05, 0.1) is 4.92 Å². The van der Waals surface area contributed by atoms with Crippen molar-refractivity contribution in [3.63, 3.8) is 0 Å². The molecule has 0 saturated carbocycles. The average molecular weight is 310 g/mol. The monoisotopic (exact) mass is 310 g/mol. The number of allylic oxidation sites excluding steroid dienone is 5. The Morgan fingerprint density at radius 1 is 1.39 bits per heavy atom. The highest BCUT2D eigenvalue weighted by Gasteiger charge is 2.29. The first-order valence-electron chi connectivity index (χ1n) is 7.66. The first-order valence-corrected chi connectivity index (χ1v) is 7.66. The minimum Gasteiger partial charge on any atom is -0.327 e. The quantitative estimate of drug-likeness (QED) is 0.685. The molecule has 1 aromatic carbocycles. The highest BCUT2D eigenvalue weighted by atomic mass is 16.6. The zero-order valence-electron chi connectivity index (χ0n) is 12.9. The summed E-state index contributed by atoms with van der Waals surface area (Å²) < 4.78 is 0. The number of nitrogens with zero attached hydrogens (tertiary/aromatic N) is 1. The Bertz CT molecular complexity index is 746. The van der Waals surface area contributed by atoms with Crippen LogP contribution in [0.5, 0.6) is 0 Å². The van der Waals surface area contributed by atoms with Crippen LogP contribution >= 0.6 is 0 Å². The van der Waals surface area contributed by atoms with Gasteiger partial charge in [-0.05, 0) is 36.0 Å². The van der Waals surface area contributed by atoms with Crippen LogP contribution in [0.1, 0.15) is 31.2 Å². The van der Waals surface area contributed by atoms with Gasteiger partial charge in [-0.3, -0.25) is 14.9 Å². The number of nitrogens with one attached hydrogen (secondary N) is 1. The number of nitro benzene ring substituents is 1. The van der Waals surface area contributed by atoms with Gasteiger partial charge in [-0.2, -0.15) is 0 Å². The van der Waals surface area contributed by atoms with Gasteiger partial charge in [0.2, 0.25) is 5.91 Å². The summed E-state index contributed by atoms with van der Waals surface area (Å²) in [6, 6.07) is 6.77. The molecule has 0 aliphatic heterocycles. The molecule has 0 radical (unpaired) electrons. The third-order valence-corrected chi connectivity index (χ3v) is 4.28. The lowest BCUT2D eigenvalue weighted by Crippen LogP contribution is -2.25. The Balaban J connectivity index is 2.01. The lowest BCUT2D eigenvalue weighted by molar-refractivity contribution is -0.384. The van der Waals surface area contributed by atoms with Crippen molar-refractivity contribution in [1.29, 1.82) is 0 Å². The number of nitro groups is 1. The summed E-state index contributed by atoms with van der Waals surface area (Å²) in [6.07, 6.45) is 10.2. The molecule has 3 rings (SSSR count). The SMILES string of the molecule is CC(=O)NC1=CC(c2cccc([N+](=O)[O-])c2)C2CCC=CC2=C1. The average Bonchev–Trinajstić information content (AvgIpc) is 2.53. The predicted molar refractivity (Wildman–Crippen MR) is 87.7 cm³/mol. The molecule has 1 amide bonds. The molecule has 1 aromatic rings. The normalized spacial score (nSPS) is 22.7. The van der Waals surface area contributed by atoms with E-state index in [2.05, 4.69) is 17.5 Å². The fourth-order valence-electron chi connectivity index (χ4n) is 3.32. The zero-order valence-corrected chi connectivity index (χ0v) is 12.9. The third kappa shape index (κ3) is 3.23. The second kappa shape index (κ2) is 6.20. The van der Waals surface area contributed by atoms with Gasteiger partial charge in [-0.25, -0.2) is 0 Å². The van der Waals surface area contributed by atoms with Crippen molar-refractivity contribution in [2.24, 2.45) is 5.92 Å². The molecule has 5 heteroatoms. The van der Waals surface area contributed by atoms with Crippen LogP contribution in [0.15, 0.2) is 59.8 Å². The van der Waals surface area contributed by atoms with E-state index < -0.39 is 0 Å². The van der Waals surface area contributed by atoms with E-state index in [9.17, 15) is 14.9 Å². The van der Waals surface area contributed by atoms with Crippen LogP contribution in [-0.4, -0.2) is 10.8 Å². The molecule has 0 saturated heterocycles. The number of amides is 1. The highest BCUT2D eigenvalue weighted by molar-refractivity contribution is 5.76. The van der Waals surface area contributed by atoms with Crippen molar-refractivity contribution < 1.29 is 9.72 Å². The van der Waals surface area contributed by atoms with E-state index in [0.717, 1.165) is 24.1 Å². The largest absolute Gasteiger partial charge is 0.327 e. The lowest BCUT2D eigenvalue weighted by atomic mass is 9.73. The van der Waals surface area contributed by atoms with Crippen molar-refractivity contribution in [2.45, 2.75) is 25.7 Å². The molecule has 2 atom stereocenters. The van der Waals surface area contributed by atoms with Crippen molar-refractivity contribution >= 4 is 11.6 Å². The summed E-state index contributed by atoms with van der Waals surface area (Å²) >= 11 is 0. The smallest absolute Gasteiger partial charge is 0.269 e. The zero-order chi connectivity index (χ0) is 16.4. The Morgan fingerprint density at radius 2 is 2.22 bits per heavy atom. The van der Waals surface area contributed by atoms with Crippen LogP contribution in [0.2, 0.25) is 0 Å². The number of fused-ring (bicyclic) bond motifs is 1. The molecule has 2 aliphatic rings. The second-order valence-electron chi connectivity index (χ2n) is 5.91. The summed E-state index contributed by atoms with van der Waals surface area (Å²) in [6.45, 7) is 1.48. The van der Waals surface area contributed by atoms with E-state index in [1.807, 2.05) is 18.2 Å². The predicted octanol–water partition coefficient (Wildman–Crippen LogP) is 3.60. The minimum absolute atomic E-state index is 0.0294. The van der Waals surface area contributed by atoms with Crippen LogP contribution in [0.25, 0.3) is 0 Å². The minimum atomic E-state index is -0.373. The molecule has 5 nitrogen and oxygen atoms in total. The van der Waals surface area contributed by atoms with Crippen LogP contribution in [0, 0.1) is 16.0 Å². The molecule has 0 heterocycles. The van der Waals surface area contributed by atoms with Crippen molar-refractivity contribution in [1.82, 2.24) is 5.32 Å². The molecule has 2 unspecified atom stereocenters. The maximum absolute atomic E-state index is 11.4. The third-order valence-electron chi connectivity index (χ3n) is 4.28. The number of hydrogen-bond acceptors (Lipinski definition) is 3. The molecule has 1 N–H and O–H groups in total. The molecule has 0 bridgehead atoms. The van der Waals surface area contributed by atoms with Gasteiger partial charge in [-0.15, -0.1) is 0 Å². The fraction of sp³-hybridized carbons (Fsp3) is 0.278. The Labute approximate surface area is 134 Å². The molecular formula is C18H18N2O3. The Morgan fingerprint density at radius 3 is 2.96 bits per heavy atom. The Kier molecular flexibility index (Phi) is 4.10. The number of rotatable bonds is 3. The van der Waals surface area contributed by atoms with Crippen LogP contribution in [0.3, 0.4) is 0 Å². The van der Waals surface area contributed by atoms with Gasteiger partial charge in [0.1, 0.15) is 0 Å². The van der Waals surface area contributed by atoms with E-state index in [1.54, 1.807) is 12.1 Å². The van der Waals surface area contributed by atoms with Gasteiger partial charge in [0, 0.05) is 30.7 Å². The molecule has 23 heavy (non-hydrogen) atoms. The number of carbonyl (C=O) groups is 1. The second-order valence-corrected chi connectivity index (χ2v) is 5.91. The Hall–Kier alpha value is -2.69. The van der Waals surface area contributed by atoms with Crippen molar-refractivity contribution in [3.8, 4) is 0 Å². The number of hydrogen-bond donors (Lipinski definition) is 1. The summed E-state index contributed by atoms with van der Waals surface area (Å²) in [5.41, 5.74) is 2.93. The molecular weight excluding hydrogens is 292 g/mol. The summed E-state index contributed by atoms with van der Waals surface area (Å²) in [5, 5.41) is 13.9. The van der Waals surface area contributed by atoms with Gasteiger partial charge in [0.15, 0.2) is 0 Å². The van der Waals surface area contributed by atoms with Gasteiger partial charge >= 0.3 is 0 Å². The molecule has 2 aliphatic carbocycles. The van der Waals surface area contributed by atoms with Crippen molar-refractivity contribution in [3.05, 3.63) is 75.5 Å². The van der Waals surface area contributed by atoms with E-state index >= 15 is 0 Å². The first kappa shape index (κ1) is 15.2. The molecule has 118 valence electrons. The maximum atomic E-state index is 11.4. The molecule has 0 fully saturated rings. The van der Waals surface area contributed by atoms with E-state index in [0.29, 0.717) is 5.92 Å².